The minimum Gasteiger partial charge on any atom is -0.351 e. The van der Waals surface area contributed by atoms with Crippen molar-refractivity contribution in [3.05, 3.63) is 34.3 Å². The van der Waals surface area contributed by atoms with Gasteiger partial charge in [0.05, 0.1) is 10.6 Å². The van der Waals surface area contributed by atoms with Gasteiger partial charge in [0, 0.05) is 12.6 Å². The number of benzene rings is 1. The molecule has 0 heterocycles. The summed E-state index contributed by atoms with van der Waals surface area (Å²) in [4.78, 5) is 15.6. The van der Waals surface area contributed by atoms with Crippen LogP contribution in [0.15, 0.2) is 18.2 Å². The summed E-state index contributed by atoms with van der Waals surface area (Å²) >= 11 is 6.46. The molecule has 32 heavy (non-hydrogen) atoms. The molecule has 0 saturated heterocycles. The van der Waals surface area contributed by atoms with Crippen LogP contribution in [-0.2, 0) is 6.42 Å². The fraction of sp³-hybridized carbons (Fsp3) is 0.750. The Kier molecular flexibility index (Phi) is 6.86. The average molecular weight is 457 g/mol. The minimum absolute atomic E-state index is 0.0203. The Balaban J connectivity index is 1.14. The molecule has 0 aliphatic heterocycles. The molecule has 1 N–H and O–H groups in total. The van der Waals surface area contributed by atoms with Gasteiger partial charge in [0.2, 0.25) is 0 Å². The lowest BCUT2D eigenvalue weighted by Gasteiger charge is -2.56. The van der Waals surface area contributed by atoms with Gasteiger partial charge in [-0.25, -0.2) is 0 Å². The van der Waals surface area contributed by atoms with Crippen molar-refractivity contribution in [2.24, 2.45) is 23.2 Å². The largest absolute Gasteiger partial charge is 0.351 e. The summed E-state index contributed by atoms with van der Waals surface area (Å²) in [5.41, 5.74) is 2.25. The van der Waals surface area contributed by atoms with Crippen LogP contribution in [0.4, 0.5) is 0 Å². The number of hydrogen-bond donors (Lipinski definition) is 1. The highest BCUT2D eigenvalue weighted by Crippen LogP contribution is 2.59. The molecule has 0 spiro atoms. The fourth-order valence-electron chi connectivity index (χ4n) is 8.01. The third-order valence-electron chi connectivity index (χ3n) is 9.24. The van der Waals surface area contributed by atoms with Crippen LogP contribution < -0.4 is 5.32 Å². The zero-order valence-electron chi connectivity index (χ0n) is 19.9. The number of aryl methyl sites for hydroxylation is 1. The number of hydrogen-bond acceptors (Lipinski definition) is 2. The predicted molar refractivity (Wildman–Crippen MR) is 132 cm³/mol. The molecule has 5 fully saturated rings. The third kappa shape index (κ3) is 5.04. The van der Waals surface area contributed by atoms with Crippen LogP contribution in [0, 0.1) is 23.2 Å². The van der Waals surface area contributed by atoms with Crippen molar-refractivity contribution >= 4 is 17.5 Å². The molecule has 0 radical (unpaired) electrons. The normalized spacial score (nSPS) is 31.9. The van der Waals surface area contributed by atoms with Crippen LogP contribution in [0.5, 0.6) is 0 Å². The lowest BCUT2D eigenvalue weighted by molar-refractivity contribution is -0.0503. The Labute approximate surface area is 199 Å². The highest BCUT2D eigenvalue weighted by Gasteiger charge is 2.50. The van der Waals surface area contributed by atoms with Gasteiger partial charge < -0.3 is 10.2 Å². The summed E-state index contributed by atoms with van der Waals surface area (Å²) in [6.45, 7) is 1.96. The topological polar surface area (TPSA) is 32.3 Å². The Hall–Kier alpha value is -1.06. The van der Waals surface area contributed by atoms with Crippen LogP contribution in [0.2, 0.25) is 5.02 Å². The van der Waals surface area contributed by atoms with E-state index in [9.17, 15) is 4.79 Å². The summed E-state index contributed by atoms with van der Waals surface area (Å²) in [5.74, 6) is 2.76. The molecule has 1 amide bonds. The van der Waals surface area contributed by atoms with Crippen LogP contribution in [0.1, 0.15) is 93.0 Å². The lowest BCUT2D eigenvalue weighted by atomic mass is 9.49. The Morgan fingerprint density at radius 1 is 1.06 bits per heavy atom. The van der Waals surface area contributed by atoms with E-state index in [0.29, 0.717) is 16.0 Å². The van der Waals surface area contributed by atoms with Gasteiger partial charge in [0.15, 0.2) is 0 Å². The van der Waals surface area contributed by atoms with Crippen LogP contribution in [-0.4, -0.2) is 37.0 Å². The zero-order chi connectivity index (χ0) is 22.1. The lowest BCUT2D eigenvalue weighted by Crippen LogP contribution is -2.51. The van der Waals surface area contributed by atoms with E-state index in [2.05, 4.69) is 23.3 Å². The van der Waals surface area contributed by atoms with Crippen LogP contribution in [0.3, 0.4) is 0 Å². The summed E-state index contributed by atoms with van der Waals surface area (Å²) in [5, 5.41) is 3.89. The molecular weight excluding hydrogens is 416 g/mol. The number of nitrogens with zero attached hydrogens (tertiary/aromatic N) is 1. The molecular formula is C28H41ClN2O. The summed E-state index contributed by atoms with van der Waals surface area (Å²) in [6.07, 6.45) is 17.3. The van der Waals surface area contributed by atoms with E-state index in [1.54, 1.807) is 0 Å². The van der Waals surface area contributed by atoms with E-state index in [0.717, 1.165) is 49.7 Å². The summed E-state index contributed by atoms with van der Waals surface area (Å²) < 4.78 is 0. The maximum atomic E-state index is 13.1. The van der Waals surface area contributed by atoms with Gasteiger partial charge in [-0.05, 0) is 119 Å². The zero-order valence-corrected chi connectivity index (χ0v) is 20.6. The van der Waals surface area contributed by atoms with E-state index in [1.807, 2.05) is 12.1 Å². The number of rotatable bonds is 8. The predicted octanol–water partition coefficient (Wildman–Crippen LogP) is 6.48. The number of carbonyl (C=O) groups is 1. The summed E-state index contributed by atoms with van der Waals surface area (Å²) in [7, 11) is 2.28. The highest BCUT2D eigenvalue weighted by atomic mass is 35.5. The second-order valence-electron chi connectivity index (χ2n) is 11.8. The van der Waals surface area contributed by atoms with E-state index < -0.39 is 0 Å². The highest BCUT2D eigenvalue weighted by molar-refractivity contribution is 6.33. The van der Waals surface area contributed by atoms with Crippen LogP contribution in [0.25, 0.3) is 0 Å². The van der Waals surface area contributed by atoms with Crippen LogP contribution >= 0.6 is 11.6 Å². The first-order valence-electron chi connectivity index (χ1n) is 13.3. The quantitative estimate of drug-likeness (QED) is 0.485. The van der Waals surface area contributed by atoms with Crippen molar-refractivity contribution in [1.29, 1.82) is 0 Å². The average Bonchev–Trinajstić information content (AvgIpc) is 2.78. The van der Waals surface area contributed by atoms with E-state index in [4.69, 9.17) is 11.6 Å². The van der Waals surface area contributed by atoms with Gasteiger partial charge in [-0.3, -0.25) is 4.79 Å². The van der Waals surface area contributed by atoms with Crippen molar-refractivity contribution in [2.75, 3.05) is 20.1 Å². The standard InChI is InChI=1S/C28H41ClN2O/c1-31(24-7-3-2-4-8-24)11-5-6-20-9-10-26(29)25(15-20)27(32)30-19-28-16-21-12-22(17-28)14-23(13-21)18-28/h9-10,15,21-24H,2-8,11-14,16-19H2,1H3,(H,30,32). The SMILES string of the molecule is CN(CCCc1ccc(Cl)c(C(=O)NCC23CC4CC(CC(C4)C2)C3)c1)C1CCCCC1. The molecule has 3 nitrogen and oxygen atoms in total. The molecule has 6 rings (SSSR count). The molecule has 176 valence electrons. The fourth-order valence-corrected chi connectivity index (χ4v) is 8.21. The molecule has 4 heteroatoms. The molecule has 0 atom stereocenters. The molecule has 4 bridgehead atoms. The molecule has 5 aliphatic carbocycles. The second-order valence-corrected chi connectivity index (χ2v) is 12.2. The Bertz CT molecular complexity index is 780. The van der Waals surface area contributed by atoms with Gasteiger partial charge >= 0.3 is 0 Å². The van der Waals surface area contributed by atoms with Gasteiger partial charge in [0.1, 0.15) is 0 Å². The maximum Gasteiger partial charge on any atom is 0.252 e. The van der Waals surface area contributed by atoms with Crippen molar-refractivity contribution in [3.63, 3.8) is 0 Å². The van der Waals surface area contributed by atoms with E-state index in [-0.39, 0.29) is 5.91 Å². The van der Waals surface area contributed by atoms with E-state index >= 15 is 0 Å². The van der Waals surface area contributed by atoms with Gasteiger partial charge in [-0.15, -0.1) is 0 Å². The maximum absolute atomic E-state index is 13.1. The van der Waals surface area contributed by atoms with Gasteiger partial charge in [0.25, 0.3) is 5.91 Å². The van der Waals surface area contributed by atoms with Gasteiger partial charge in [-0.1, -0.05) is 36.9 Å². The number of nitrogens with one attached hydrogen (secondary N) is 1. The van der Waals surface area contributed by atoms with Gasteiger partial charge in [-0.2, -0.15) is 0 Å². The third-order valence-corrected chi connectivity index (χ3v) is 9.57. The first-order valence-corrected chi connectivity index (χ1v) is 13.6. The number of amides is 1. The van der Waals surface area contributed by atoms with Crippen molar-refractivity contribution in [2.45, 2.75) is 89.5 Å². The monoisotopic (exact) mass is 456 g/mol. The molecule has 1 aromatic carbocycles. The second kappa shape index (κ2) is 9.66. The smallest absolute Gasteiger partial charge is 0.252 e. The minimum atomic E-state index is 0.0203. The Morgan fingerprint density at radius 3 is 2.38 bits per heavy atom. The molecule has 0 unspecified atom stereocenters. The number of carbonyl (C=O) groups excluding carboxylic acids is 1. The van der Waals surface area contributed by atoms with Crippen molar-refractivity contribution in [1.82, 2.24) is 10.2 Å². The first kappa shape index (κ1) is 22.7. The van der Waals surface area contributed by atoms with E-state index in [1.165, 1.54) is 76.2 Å². The van der Waals surface area contributed by atoms with Crippen molar-refractivity contribution in [3.8, 4) is 0 Å². The summed E-state index contributed by atoms with van der Waals surface area (Å²) in [6, 6.07) is 6.82. The molecule has 5 aliphatic rings. The Morgan fingerprint density at radius 2 is 1.72 bits per heavy atom. The number of halogens is 1. The molecule has 5 saturated carbocycles. The molecule has 1 aromatic rings. The first-order chi connectivity index (χ1) is 15.5. The van der Waals surface area contributed by atoms with Crippen molar-refractivity contribution < 1.29 is 4.79 Å². The molecule has 0 aromatic heterocycles.